The standard InChI is InChI=1S/C11H9BrN2O2/c1-16-8-3-6-2-7(12)5-14-10(6)9(4-8)11(13)15/h2-5H,1H3,(H2,13,15). The van der Waals surface area contributed by atoms with Crippen molar-refractivity contribution >= 4 is 32.7 Å². The van der Waals surface area contributed by atoms with Gasteiger partial charge in [-0.05, 0) is 34.1 Å². The van der Waals surface area contributed by atoms with E-state index in [-0.39, 0.29) is 0 Å². The van der Waals surface area contributed by atoms with Crippen molar-refractivity contribution in [1.29, 1.82) is 0 Å². The number of nitrogens with two attached hydrogens (primary N) is 1. The van der Waals surface area contributed by atoms with Crippen molar-refractivity contribution in [2.24, 2.45) is 5.73 Å². The van der Waals surface area contributed by atoms with Crippen molar-refractivity contribution in [3.8, 4) is 5.75 Å². The Morgan fingerprint density at radius 2 is 2.19 bits per heavy atom. The molecular weight excluding hydrogens is 272 g/mol. The minimum absolute atomic E-state index is 0.363. The summed E-state index contributed by atoms with van der Waals surface area (Å²) in [4.78, 5) is 15.5. The average molecular weight is 281 g/mol. The number of hydrogen-bond donors (Lipinski definition) is 1. The summed E-state index contributed by atoms with van der Waals surface area (Å²) >= 11 is 3.32. The van der Waals surface area contributed by atoms with Gasteiger partial charge in [0.15, 0.2) is 0 Å². The van der Waals surface area contributed by atoms with E-state index in [4.69, 9.17) is 10.5 Å². The Balaban J connectivity index is 2.81. The van der Waals surface area contributed by atoms with E-state index in [9.17, 15) is 4.79 Å². The van der Waals surface area contributed by atoms with Gasteiger partial charge in [0.2, 0.25) is 0 Å². The highest BCUT2D eigenvalue weighted by molar-refractivity contribution is 9.10. The number of carbonyl (C=O) groups excluding carboxylic acids is 1. The number of nitrogens with zero attached hydrogens (tertiary/aromatic N) is 1. The van der Waals surface area contributed by atoms with Gasteiger partial charge >= 0.3 is 0 Å². The molecule has 0 aliphatic carbocycles. The van der Waals surface area contributed by atoms with Crippen molar-refractivity contribution < 1.29 is 9.53 Å². The number of aromatic nitrogens is 1. The van der Waals surface area contributed by atoms with Crippen LogP contribution in [0.2, 0.25) is 0 Å². The second-order valence-electron chi connectivity index (χ2n) is 3.26. The molecule has 0 spiro atoms. The van der Waals surface area contributed by atoms with Gasteiger partial charge in [-0.1, -0.05) is 0 Å². The summed E-state index contributed by atoms with van der Waals surface area (Å²) < 4.78 is 5.94. The molecule has 0 saturated carbocycles. The molecule has 5 heteroatoms. The summed E-state index contributed by atoms with van der Waals surface area (Å²) in [6.45, 7) is 0. The van der Waals surface area contributed by atoms with Crippen LogP contribution in [0, 0.1) is 0 Å². The SMILES string of the molecule is COc1cc(C(N)=O)c2ncc(Br)cc2c1. The maximum absolute atomic E-state index is 11.3. The van der Waals surface area contributed by atoms with Gasteiger partial charge in [-0.2, -0.15) is 0 Å². The van der Waals surface area contributed by atoms with E-state index in [1.807, 2.05) is 6.07 Å². The van der Waals surface area contributed by atoms with Crippen LogP contribution in [0.4, 0.5) is 0 Å². The van der Waals surface area contributed by atoms with Gasteiger partial charge in [-0.3, -0.25) is 9.78 Å². The number of ether oxygens (including phenoxy) is 1. The molecule has 0 bridgehead atoms. The summed E-state index contributed by atoms with van der Waals surface area (Å²) in [5.74, 6) is 0.0694. The van der Waals surface area contributed by atoms with Crippen LogP contribution >= 0.6 is 15.9 Å². The lowest BCUT2D eigenvalue weighted by molar-refractivity contribution is 0.100. The smallest absolute Gasteiger partial charge is 0.251 e. The highest BCUT2D eigenvalue weighted by atomic mass is 79.9. The Hall–Kier alpha value is -1.62. The summed E-state index contributed by atoms with van der Waals surface area (Å²) in [5, 5.41) is 0.808. The molecule has 1 amide bonds. The lowest BCUT2D eigenvalue weighted by atomic mass is 10.1. The number of primary amides is 1. The summed E-state index contributed by atoms with van der Waals surface area (Å²) in [6, 6.07) is 5.25. The van der Waals surface area contributed by atoms with E-state index in [0.717, 1.165) is 9.86 Å². The fourth-order valence-corrected chi connectivity index (χ4v) is 1.85. The molecule has 0 saturated heterocycles. The maximum atomic E-state index is 11.3. The fourth-order valence-electron chi connectivity index (χ4n) is 1.50. The number of halogens is 1. The zero-order valence-electron chi connectivity index (χ0n) is 8.53. The molecule has 0 unspecified atom stereocenters. The van der Waals surface area contributed by atoms with Gasteiger partial charge in [0.1, 0.15) is 5.75 Å². The lowest BCUT2D eigenvalue weighted by Gasteiger charge is -2.06. The van der Waals surface area contributed by atoms with Crippen LogP contribution in [0.25, 0.3) is 10.9 Å². The van der Waals surface area contributed by atoms with E-state index >= 15 is 0 Å². The first-order chi connectivity index (χ1) is 7.61. The highest BCUT2D eigenvalue weighted by Gasteiger charge is 2.10. The molecule has 0 aliphatic rings. The molecule has 0 aliphatic heterocycles. The third-order valence-electron chi connectivity index (χ3n) is 2.22. The number of benzene rings is 1. The molecule has 0 radical (unpaired) electrons. The zero-order chi connectivity index (χ0) is 11.7. The first-order valence-electron chi connectivity index (χ1n) is 4.55. The minimum Gasteiger partial charge on any atom is -0.497 e. The van der Waals surface area contributed by atoms with Crippen LogP contribution in [0.15, 0.2) is 28.9 Å². The van der Waals surface area contributed by atoms with Crippen LogP contribution in [0.1, 0.15) is 10.4 Å². The van der Waals surface area contributed by atoms with Crippen molar-refractivity contribution in [1.82, 2.24) is 4.98 Å². The molecule has 2 N–H and O–H groups in total. The Bertz CT molecular complexity index is 569. The zero-order valence-corrected chi connectivity index (χ0v) is 10.1. The Labute approximate surface area is 101 Å². The first kappa shape index (κ1) is 10.9. The normalized spacial score (nSPS) is 10.4. The number of rotatable bonds is 2. The number of amides is 1. The predicted octanol–water partition coefficient (Wildman–Crippen LogP) is 2.10. The molecule has 1 aromatic carbocycles. The van der Waals surface area contributed by atoms with E-state index in [2.05, 4.69) is 20.9 Å². The number of hydrogen-bond acceptors (Lipinski definition) is 3. The van der Waals surface area contributed by atoms with Gasteiger partial charge < -0.3 is 10.5 Å². The van der Waals surface area contributed by atoms with Gasteiger partial charge in [-0.15, -0.1) is 0 Å². The lowest BCUT2D eigenvalue weighted by Crippen LogP contribution is -2.12. The molecular formula is C11H9BrN2O2. The number of fused-ring (bicyclic) bond motifs is 1. The van der Waals surface area contributed by atoms with Crippen LogP contribution in [0.3, 0.4) is 0 Å². The van der Waals surface area contributed by atoms with Crippen molar-refractivity contribution in [3.05, 3.63) is 34.4 Å². The second-order valence-corrected chi connectivity index (χ2v) is 4.18. The molecule has 0 atom stereocenters. The molecule has 2 aromatic rings. The molecule has 0 fully saturated rings. The van der Waals surface area contributed by atoms with E-state index in [1.54, 1.807) is 18.3 Å². The molecule has 16 heavy (non-hydrogen) atoms. The Morgan fingerprint density at radius 3 is 2.81 bits per heavy atom. The largest absolute Gasteiger partial charge is 0.497 e. The number of carbonyl (C=O) groups is 1. The van der Waals surface area contributed by atoms with Crippen molar-refractivity contribution in [2.75, 3.05) is 7.11 Å². The Kier molecular flexibility index (Phi) is 2.78. The number of pyridine rings is 1. The molecule has 1 heterocycles. The van der Waals surface area contributed by atoms with Gasteiger partial charge in [0.05, 0.1) is 18.2 Å². The second kappa shape index (κ2) is 4.09. The molecule has 1 aromatic heterocycles. The summed E-state index contributed by atoms with van der Waals surface area (Å²) in [7, 11) is 1.54. The van der Waals surface area contributed by atoms with E-state index in [1.165, 1.54) is 7.11 Å². The van der Waals surface area contributed by atoms with Crippen LogP contribution < -0.4 is 10.5 Å². The van der Waals surface area contributed by atoms with Gasteiger partial charge in [0, 0.05) is 16.1 Å². The summed E-state index contributed by atoms with van der Waals surface area (Å²) in [6.07, 6.45) is 1.63. The van der Waals surface area contributed by atoms with Gasteiger partial charge in [0.25, 0.3) is 5.91 Å². The predicted molar refractivity (Wildman–Crippen MR) is 64.5 cm³/mol. The van der Waals surface area contributed by atoms with E-state index < -0.39 is 5.91 Å². The van der Waals surface area contributed by atoms with Crippen LogP contribution in [-0.4, -0.2) is 18.0 Å². The molecule has 82 valence electrons. The Morgan fingerprint density at radius 1 is 1.44 bits per heavy atom. The highest BCUT2D eigenvalue weighted by Crippen LogP contribution is 2.25. The molecule has 4 nitrogen and oxygen atoms in total. The average Bonchev–Trinajstić information content (AvgIpc) is 2.26. The minimum atomic E-state index is -0.515. The molecule has 2 rings (SSSR count). The van der Waals surface area contributed by atoms with Crippen molar-refractivity contribution in [2.45, 2.75) is 0 Å². The first-order valence-corrected chi connectivity index (χ1v) is 5.34. The van der Waals surface area contributed by atoms with Crippen LogP contribution in [-0.2, 0) is 0 Å². The monoisotopic (exact) mass is 280 g/mol. The fraction of sp³-hybridized carbons (Fsp3) is 0.0909. The third-order valence-corrected chi connectivity index (χ3v) is 2.66. The third kappa shape index (κ3) is 1.86. The maximum Gasteiger partial charge on any atom is 0.251 e. The quantitative estimate of drug-likeness (QED) is 0.916. The van der Waals surface area contributed by atoms with Gasteiger partial charge in [-0.25, -0.2) is 0 Å². The van der Waals surface area contributed by atoms with Crippen molar-refractivity contribution in [3.63, 3.8) is 0 Å². The summed E-state index contributed by atoms with van der Waals surface area (Å²) in [5.41, 5.74) is 6.24. The topological polar surface area (TPSA) is 65.2 Å². The number of methoxy groups -OCH3 is 1. The van der Waals surface area contributed by atoms with Crippen LogP contribution in [0.5, 0.6) is 5.75 Å². The van der Waals surface area contributed by atoms with E-state index in [0.29, 0.717) is 16.8 Å².